The highest BCUT2D eigenvalue weighted by Gasteiger charge is 2.27. The first-order valence-electron chi connectivity index (χ1n) is 12.9. The fourth-order valence-electron chi connectivity index (χ4n) is 5.22. The zero-order valence-electron chi connectivity index (χ0n) is 22.0. The minimum absolute atomic E-state index is 0.178. The first kappa shape index (κ1) is 24.5. The first-order valence-corrected chi connectivity index (χ1v) is 12.9. The molecule has 1 N–H and O–H groups in total. The second kappa shape index (κ2) is 9.83. The van der Waals surface area contributed by atoms with Gasteiger partial charge in [0.1, 0.15) is 11.6 Å². The molecule has 0 atom stereocenters. The van der Waals surface area contributed by atoms with Crippen LogP contribution in [0.3, 0.4) is 0 Å². The molecule has 1 aliphatic rings. The summed E-state index contributed by atoms with van der Waals surface area (Å²) < 4.78 is 9.33. The number of hydrogen-bond donors (Lipinski definition) is 1. The van der Waals surface area contributed by atoms with Gasteiger partial charge >= 0.3 is 5.97 Å². The number of aromatic nitrogens is 6. The van der Waals surface area contributed by atoms with Crippen LogP contribution in [0.5, 0.6) is 5.75 Å². The standard InChI is InChI=1S/C30H28N6O3/c1-4-36-17-23(16-32-36)18-5-7-19(8-6-18)29-27-24(34-35(29)2)12-11-22-15-31-26(33-28(22)27)14-20-9-10-21(30(37)38)13-25(20)39-3/h5-10,13,15-17H,4,11-12,14H2,1-3H3,(H,37,38). The Kier molecular flexibility index (Phi) is 6.18. The van der Waals surface area contributed by atoms with Gasteiger partial charge in [0.25, 0.3) is 0 Å². The predicted molar refractivity (Wildman–Crippen MR) is 147 cm³/mol. The zero-order chi connectivity index (χ0) is 27.1. The molecule has 0 fully saturated rings. The van der Waals surface area contributed by atoms with Gasteiger partial charge in [0.15, 0.2) is 0 Å². The Morgan fingerprint density at radius 2 is 1.85 bits per heavy atom. The van der Waals surface area contributed by atoms with Gasteiger partial charge in [0.2, 0.25) is 0 Å². The van der Waals surface area contributed by atoms with Gasteiger partial charge < -0.3 is 9.84 Å². The van der Waals surface area contributed by atoms with Crippen LogP contribution in [0.15, 0.2) is 61.1 Å². The minimum Gasteiger partial charge on any atom is -0.496 e. The third kappa shape index (κ3) is 4.46. The number of carboxylic acid groups (broad SMARTS) is 1. The van der Waals surface area contributed by atoms with E-state index in [-0.39, 0.29) is 5.56 Å². The second-order valence-corrected chi connectivity index (χ2v) is 9.62. The Labute approximate surface area is 225 Å². The third-order valence-electron chi connectivity index (χ3n) is 7.23. The smallest absolute Gasteiger partial charge is 0.335 e. The first-order chi connectivity index (χ1) is 18.9. The normalized spacial score (nSPS) is 12.2. The van der Waals surface area contributed by atoms with Gasteiger partial charge in [-0.25, -0.2) is 14.8 Å². The summed E-state index contributed by atoms with van der Waals surface area (Å²) in [7, 11) is 3.51. The van der Waals surface area contributed by atoms with Gasteiger partial charge in [-0.2, -0.15) is 10.2 Å². The Bertz CT molecular complexity index is 1700. The summed E-state index contributed by atoms with van der Waals surface area (Å²) in [5.41, 5.74) is 9.36. The molecule has 0 unspecified atom stereocenters. The second-order valence-electron chi connectivity index (χ2n) is 9.62. The number of ether oxygens (including phenoxy) is 1. The molecular weight excluding hydrogens is 492 g/mol. The number of aromatic carboxylic acids is 1. The number of benzene rings is 2. The quantitative estimate of drug-likeness (QED) is 0.328. The molecule has 1 aliphatic carbocycles. The molecule has 9 nitrogen and oxygen atoms in total. The summed E-state index contributed by atoms with van der Waals surface area (Å²) in [5, 5.41) is 18.6. The highest BCUT2D eigenvalue weighted by atomic mass is 16.5. The maximum absolute atomic E-state index is 11.4. The van der Waals surface area contributed by atoms with E-state index in [9.17, 15) is 9.90 Å². The van der Waals surface area contributed by atoms with Crippen molar-refractivity contribution in [3.05, 3.63) is 89.3 Å². The van der Waals surface area contributed by atoms with Gasteiger partial charge in [-0.1, -0.05) is 30.3 Å². The number of fused-ring (bicyclic) bond motifs is 3. The van der Waals surface area contributed by atoms with Crippen molar-refractivity contribution in [2.75, 3.05) is 7.11 Å². The average molecular weight is 521 g/mol. The lowest BCUT2D eigenvalue weighted by molar-refractivity contribution is 0.0696. The molecule has 5 aromatic rings. The molecule has 0 spiro atoms. The lowest BCUT2D eigenvalue weighted by Crippen LogP contribution is -2.09. The lowest BCUT2D eigenvalue weighted by atomic mass is 9.91. The van der Waals surface area contributed by atoms with Gasteiger partial charge in [-0.05, 0) is 43.0 Å². The number of aryl methyl sites for hydroxylation is 4. The van der Waals surface area contributed by atoms with E-state index in [0.717, 1.165) is 69.8 Å². The molecule has 3 aromatic heterocycles. The summed E-state index contributed by atoms with van der Waals surface area (Å²) >= 11 is 0. The van der Waals surface area contributed by atoms with Crippen molar-refractivity contribution in [2.24, 2.45) is 7.05 Å². The number of nitrogens with zero attached hydrogens (tertiary/aromatic N) is 6. The third-order valence-corrected chi connectivity index (χ3v) is 7.23. The predicted octanol–water partition coefficient (Wildman–Crippen LogP) is 4.82. The van der Waals surface area contributed by atoms with E-state index in [1.54, 1.807) is 12.1 Å². The fourth-order valence-corrected chi connectivity index (χ4v) is 5.22. The highest BCUT2D eigenvalue weighted by molar-refractivity contribution is 5.88. The average Bonchev–Trinajstić information content (AvgIpc) is 3.57. The van der Waals surface area contributed by atoms with Crippen LogP contribution in [0.1, 0.15) is 39.9 Å². The van der Waals surface area contributed by atoms with Crippen molar-refractivity contribution in [1.29, 1.82) is 0 Å². The van der Waals surface area contributed by atoms with Crippen LogP contribution in [-0.2, 0) is 32.9 Å². The molecule has 6 rings (SSSR count). The molecule has 0 radical (unpaired) electrons. The Hall–Kier alpha value is -4.79. The Balaban J connectivity index is 1.37. The van der Waals surface area contributed by atoms with Crippen molar-refractivity contribution in [1.82, 2.24) is 29.5 Å². The Morgan fingerprint density at radius 3 is 2.56 bits per heavy atom. The number of carbonyl (C=O) groups is 1. The minimum atomic E-state index is -0.995. The highest BCUT2D eigenvalue weighted by Crippen LogP contribution is 2.40. The van der Waals surface area contributed by atoms with Crippen LogP contribution in [0.2, 0.25) is 0 Å². The van der Waals surface area contributed by atoms with Crippen LogP contribution in [0.4, 0.5) is 0 Å². The molecule has 196 valence electrons. The monoisotopic (exact) mass is 520 g/mol. The molecule has 9 heteroatoms. The molecule has 0 amide bonds. The molecule has 2 aromatic carbocycles. The van der Waals surface area contributed by atoms with Crippen molar-refractivity contribution >= 4 is 5.97 Å². The van der Waals surface area contributed by atoms with Gasteiger partial charge in [0, 0.05) is 54.7 Å². The van der Waals surface area contributed by atoms with E-state index < -0.39 is 5.97 Å². The molecule has 0 saturated heterocycles. The summed E-state index contributed by atoms with van der Waals surface area (Å²) in [5.74, 6) is 0.148. The number of hydrogen-bond acceptors (Lipinski definition) is 6. The van der Waals surface area contributed by atoms with Crippen LogP contribution in [-0.4, -0.2) is 47.7 Å². The maximum Gasteiger partial charge on any atom is 0.335 e. The number of carboxylic acids is 1. The van der Waals surface area contributed by atoms with Crippen molar-refractivity contribution in [3.63, 3.8) is 0 Å². The zero-order valence-corrected chi connectivity index (χ0v) is 22.0. The number of methoxy groups -OCH3 is 1. The van der Waals surface area contributed by atoms with E-state index in [4.69, 9.17) is 14.8 Å². The summed E-state index contributed by atoms with van der Waals surface area (Å²) in [6.07, 6.45) is 7.93. The van der Waals surface area contributed by atoms with E-state index in [2.05, 4.69) is 47.5 Å². The van der Waals surface area contributed by atoms with E-state index in [0.29, 0.717) is 18.0 Å². The van der Waals surface area contributed by atoms with E-state index in [1.807, 2.05) is 28.8 Å². The van der Waals surface area contributed by atoms with Crippen LogP contribution < -0.4 is 4.74 Å². The van der Waals surface area contributed by atoms with Gasteiger partial charge in [-0.15, -0.1) is 0 Å². The van der Waals surface area contributed by atoms with Crippen LogP contribution >= 0.6 is 0 Å². The van der Waals surface area contributed by atoms with Crippen LogP contribution in [0, 0.1) is 0 Å². The molecule has 0 saturated carbocycles. The van der Waals surface area contributed by atoms with Crippen molar-refractivity contribution in [3.8, 4) is 39.4 Å². The number of rotatable bonds is 7. The van der Waals surface area contributed by atoms with Gasteiger partial charge in [-0.3, -0.25) is 9.36 Å². The van der Waals surface area contributed by atoms with Crippen molar-refractivity contribution in [2.45, 2.75) is 32.7 Å². The lowest BCUT2D eigenvalue weighted by Gasteiger charge is -2.17. The fraction of sp³-hybridized carbons (Fsp3) is 0.233. The van der Waals surface area contributed by atoms with Gasteiger partial charge in [0.05, 0.1) is 36.0 Å². The van der Waals surface area contributed by atoms with E-state index >= 15 is 0 Å². The maximum atomic E-state index is 11.4. The van der Waals surface area contributed by atoms with Crippen LogP contribution in [0.25, 0.3) is 33.6 Å². The Morgan fingerprint density at radius 1 is 1.05 bits per heavy atom. The molecule has 39 heavy (non-hydrogen) atoms. The SMILES string of the molecule is CCn1cc(-c2ccc(-c3c4c(nn3C)CCc3cnc(Cc5ccc(C(=O)O)cc5OC)nc3-4)cc2)cn1. The molecule has 0 aliphatic heterocycles. The molecule has 0 bridgehead atoms. The summed E-state index contributed by atoms with van der Waals surface area (Å²) in [4.78, 5) is 21.0. The topological polar surface area (TPSA) is 108 Å². The summed E-state index contributed by atoms with van der Waals surface area (Å²) in [6.45, 7) is 2.91. The largest absolute Gasteiger partial charge is 0.496 e. The molecular formula is C30H28N6O3. The van der Waals surface area contributed by atoms with E-state index in [1.165, 1.54) is 13.2 Å². The van der Waals surface area contributed by atoms with Crippen molar-refractivity contribution < 1.29 is 14.6 Å². The summed E-state index contributed by atoms with van der Waals surface area (Å²) in [6, 6.07) is 13.4. The molecule has 3 heterocycles.